The number of nitrogens with one attached hydrogen (secondary N) is 4. The molecule has 0 aliphatic carbocycles. The monoisotopic (exact) mass is 632 g/mol. The predicted molar refractivity (Wildman–Crippen MR) is 184 cm³/mol. The van der Waals surface area contributed by atoms with Gasteiger partial charge in [-0.3, -0.25) is 4.99 Å². The second kappa shape index (κ2) is 15.4. The van der Waals surface area contributed by atoms with Gasteiger partial charge in [0.05, 0.1) is 5.52 Å². The molecule has 1 aliphatic rings. The first-order valence-corrected chi connectivity index (χ1v) is 17.3. The fourth-order valence-electron chi connectivity index (χ4n) is 5.49. The second-order valence-corrected chi connectivity index (χ2v) is 13.0. The third kappa shape index (κ3) is 9.06. The van der Waals surface area contributed by atoms with E-state index in [1.54, 1.807) is 0 Å². The average molecular weight is 633 g/mol. The molecule has 0 amide bonds. The molecule has 0 fully saturated rings. The number of fused-ring (bicyclic) bond motifs is 3. The molecule has 0 saturated heterocycles. The summed E-state index contributed by atoms with van der Waals surface area (Å²) in [6, 6.07) is 21.9. The fourth-order valence-corrected chi connectivity index (χ4v) is 6.31. The Hall–Kier alpha value is -3.93. The third-order valence-corrected chi connectivity index (χ3v) is 8.70. The largest absolute Gasteiger partial charge is 0.490 e. The Morgan fingerprint density at radius 2 is 1.71 bits per heavy atom. The number of H-pyrrole nitrogens is 1. The van der Waals surface area contributed by atoms with Crippen molar-refractivity contribution in [3.8, 4) is 5.75 Å². The van der Waals surface area contributed by atoms with Crippen LogP contribution in [0, 0.1) is 0 Å². The lowest BCUT2D eigenvalue weighted by Gasteiger charge is -2.18. The van der Waals surface area contributed by atoms with Crippen molar-refractivity contribution in [3.05, 3.63) is 72.3 Å². The number of aromatic nitrogens is 1. The number of aliphatic hydroxyl groups excluding tert-OH is 1. The molecule has 1 aromatic heterocycles. The normalized spacial score (nSPS) is 16.5. The number of rotatable bonds is 16. The number of para-hydroxylation sites is 1. The number of aliphatic hydroxyl groups is 1. The quantitative estimate of drug-likeness (QED) is 0.100. The molecule has 3 aromatic carbocycles. The number of hydrogen-bond acceptors (Lipinski definition) is 7. The van der Waals surface area contributed by atoms with Gasteiger partial charge in [-0.2, -0.15) is 8.42 Å². The van der Waals surface area contributed by atoms with Crippen molar-refractivity contribution < 1.29 is 18.3 Å². The summed E-state index contributed by atoms with van der Waals surface area (Å²) in [7, 11) is -3.79. The molecule has 5 N–H and O–H groups in total. The lowest BCUT2D eigenvalue weighted by atomic mass is 10.1. The van der Waals surface area contributed by atoms with Gasteiger partial charge in [-0.25, -0.2) is 4.72 Å². The van der Waals surface area contributed by atoms with Crippen LogP contribution in [0.15, 0.2) is 76.1 Å². The van der Waals surface area contributed by atoms with Crippen molar-refractivity contribution in [3.63, 3.8) is 0 Å². The van der Waals surface area contributed by atoms with Gasteiger partial charge in [0, 0.05) is 41.1 Å². The van der Waals surface area contributed by atoms with Crippen LogP contribution in [-0.2, 0) is 16.6 Å². The molecule has 0 radical (unpaired) electrons. The van der Waals surface area contributed by atoms with Crippen LogP contribution in [0.1, 0.15) is 57.9 Å². The first kappa shape index (κ1) is 32.5. The molecule has 240 valence electrons. The van der Waals surface area contributed by atoms with E-state index in [9.17, 15) is 13.5 Å². The fraction of sp³-hybridized carbons (Fsp3) is 0.412. The number of benzene rings is 3. The van der Waals surface area contributed by atoms with Gasteiger partial charge >= 0.3 is 10.2 Å². The van der Waals surface area contributed by atoms with E-state index >= 15 is 0 Å². The summed E-state index contributed by atoms with van der Waals surface area (Å²) in [5, 5.41) is 19.2. The van der Waals surface area contributed by atoms with Gasteiger partial charge in [0.1, 0.15) is 18.5 Å². The van der Waals surface area contributed by atoms with Crippen LogP contribution in [0.5, 0.6) is 5.75 Å². The number of ether oxygens (including phenoxy) is 1. The van der Waals surface area contributed by atoms with Gasteiger partial charge in [0.2, 0.25) is 0 Å². The first-order valence-electron chi connectivity index (χ1n) is 15.9. The summed E-state index contributed by atoms with van der Waals surface area (Å²) in [4.78, 5) is 7.87. The van der Waals surface area contributed by atoms with Gasteiger partial charge in [-0.1, -0.05) is 75.4 Å². The molecule has 1 aliphatic heterocycles. The Morgan fingerprint density at radius 1 is 0.956 bits per heavy atom. The minimum atomic E-state index is -3.79. The lowest BCUT2D eigenvalue weighted by Crippen LogP contribution is -2.37. The molecule has 0 spiro atoms. The van der Waals surface area contributed by atoms with E-state index in [1.807, 2.05) is 60.7 Å². The molecule has 0 saturated carbocycles. The maximum Gasteiger partial charge on any atom is 0.345 e. The van der Waals surface area contributed by atoms with Crippen molar-refractivity contribution in [1.29, 1.82) is 0 Å². The molecular weight excluding hydrogens is 588 g/mol. The van der Waals surface area contributed by atoms with Crippen LogP contribution in [0.3, 0.4) is 0 Å². The molecule has 0 bridgehead atoms. The van der Waals surface area contributed by atoms with Crippen LogP contribution >= 0.6 is 0 Å². The average Bonchev–Trinajstić information content (AvgIpc) is 3.55. The number of unbranched alkanes of at least 4 members (excludes halogenated alkanes) is 5. The highest BCUT2D eigenvalue weighted by Crippen LogP contribution is 2.33. The molecule has 1 unspecified atom stereocenters. The van der Waals surface area contributed by atoms with Crippen LogP contribution in [-0.4, -0.2) is 62.0 Å². The molecule has 11 heteroatoms. The standard InChI is InChI=1S/C34H44N6O4S/c1-3-4-5-6-7-10-20-35-33-34(40-45(42,43)39-33)37-26-18-16-25(17-19-26)21-24(2)36-22-27(41)23-44-31-15-11-14-30-32(31)28-12-8-9-13-29(28)38-30/h8-9,11-19,24,27,36,38,41H,3-7,10,20-23H2,1-2H3,(H,35,39)(H,37,40)/t24?,27-/m0/s1. The van der Waals surface area contributed by atoms with Crippen LogP contribution in [0.2, 0.25) is 0 Å². The van der Waals surface area contributed by atoms with E-state index in [0.717, 1.165) is 58.1 Å². The number of amidine groups is 2. The van der Waals surface area contributed by atoms with Gasteiger partial charge in [-0.05, 0) is 55.7 Å². The Morgan fingerprint density at radius 3 is 2.53 bits per heavy atom. The summed E-state index contributed by atoms with van der Waals surface area (Å²) in [5.41, 5.74) is 3.89. The number of anilines is 1. The highest BCUT2D eigenvalue weighted by Gasteiger charge is 2.26. The number of nitrogens with zero attached hydrogens (tertiary/aromatic N) is 2. The maximum atomic E-state index is 12.1. The number of aromatic amines is 1. The molecule has 2 heterocycles. The van der Waals surface area contributed by atoms with E-state index < -0.39 is 16.3 Å². The molecule has 45 heavy (non-hydrogen) atoms. The third-order valence-electron chi connectivity index (χ3n) is 7.83. The van der Waals surface area contributed by atoms with Crippen molar-refractivity contribution in [2.24, 2.45) is 9.39 Å². The van der Waals surface area contributed by atoms with E-state index in [1.165, 1.54) is 25.7 Å². The Kier molecular flexibility index (Phi) is 11.1. The summed E-state index contributed by atoms with van der Waals surface area (Å²) >= 11 is 0. The van der Waals surface area contributed by atoms with E-state index in [4.69, 9.17) is 4.74 Å². The number of aliphatic imine (C=N–C) groups is 1. The summed E-state index contributed by atoms with van der Waals surface area (Å²) in [6.07, 6.45) is 6.91. The smallest absolute Gasteiger partial charge is 0.345 e. The van der Waals surface area contributed by atoms with Gasteiger partial charge in [0.15, 0.2) is 11.7 Å². The van der Waals surface area contributed by atoms with Crippen LogP contribution in [0.4, 0.5) is 5.69 Å². The summed E-state index contributed by atoms with van der Waals surface area (Å²) in [5.74, 6) is 1.21. The second-order valence-electron chi connectivity index (χ2n) is 11.7. The molecule has 10 nitrogen and oxygen atoms in total. The van der Waals surface area contributed by atoms with Crippen molar-refractivity contribution in [2.75, 3.05) is 25.0 Å². The maximum absolute atomic E-state index is 12.1. The topological polar surface area (TPSA) is 140 Å². The summed E-state index contributed by atoms with van der Waals surface area (Å²) in [6.45, 7) is 5.39. The van der Waals surface area contributed by atoms with E-state index in [-0.39, 0.29) is 24.3 Å². The Labute approximate surface area is 265 Å². The highest BCUT2D eigenvalue weighted by molar-refractivity contribution is 7.89. The zero-order chi connectivity index (χ0) is 31.6. The molecule has 2 atom stereocenters. The molecule has 5 rings (SSSR count). The van der Waals surface area contributed by atoms with E-state index in [2.05, 4.69) is 49.6 Å². The van der Waals surface area contributed by atoms with Gasteiger partial charge < -0.3 is 25.5 Å². The zero-order valence-corrected chi connectivity index (χ0v) is 26.9. The SMILES string of the molecule is CCCCCCCCN=C1NS(=O)(=O)N=C1Nc1ccc(CC(C)NC[C@H](O)COc2cccc3[nH]c4ccccc4c23)cc1. The highest BCUT2D eigenvalue weighted by atomic mass is 32.2. The molecule has 4 aromatic rings. The Bertz CT molecular complexity index is 1730. The van der Waals surface area contributed by atoms with Crippen molar-refractivity contribution in [1.82, 2.24) is 15.0 Å². The lowest BCUT2D eigenvalue weighted by molar-refractivity contribution is 0.105. The van der Waals surface area contributed by atoms with Crippen LogP contribution < -0.4 is 20.1 Å². The van der Waals surface area contributed by atoms with Gasteiger partial charge in [-0.15, -0.1) is 4.40 Å². The zero-order valence-electron chi connectivity index (χ0n) is 26.1. The number of hydrogen-bond donors (Lipinski definition) is 5. The van der Waals surface area contributed by atoms with Crippen LogP contribution in [0.25, 0.3) is 21.8 Å². The van der Waals surface area contributed by atoms with Crippen molar-refractivity contribution >= 4 is 49.4 Å². The van der Waals surface area contributed by atoms with E-state index in [0.29, 0.717) is 13.1 Å². The minimum Gasteiger partial charge on any atom is -0.490 e. The van der Waals surface area contributed by atoms with Gasteiger partial charge in [0.25, 0.3) is 0 Å². The minimum absolute atomic E-state index is 0.116. The van der Waals surface area contributed by atoms with Crippen molar-refractivity contribution in [2.45, 2.75) is 70.9 Å². The first-order chi connectivity index (χ1) is 21.8. The summed E-state index contributed by atoms with van der Waals surface area (Å²) < 4.78 is 36.4. The Balaban J connectivity index is 1.07. The molecular formula is C34H44N6O4S. The predicted octanol–water partition coefficient (Wildman–Crippen LogP) is 5.70.